The summed E-state index contributed by atoms with van der Waals surface area (Å²) in [6.45, 7) is 5.98. The van der Waals surface area contributed by atoms with Gasteiger partial charge in [0.15, 0.2) is 10.8 Å². The van der Waals surface area contributed by atoms with E-state index < -0.39 is 17.6 Å². The summed E-state index contributed by atoms with van der Waals surface area (Å²) in [6, 6.07) is 8.57. The molecule has 2 aromatic rings. The van der Waals surface area contributed by atoms with E-state index in [1.807, 2.05) is 37.3 Å². The number of carbonyl (C=O) groups excluding carboxylic acids is 1. The van der Waals surface area contributed by atoms with Gasteiger partial charge >= 0.3 is 5.97 Å². The molecule has 0 amide bonds. The molecular formula is C20H25N3O4S. The molecule has 1 heterocycles. The van der Waals surface area contributed by atoms with Crippen molar-refractivity contribution in [1.82, 2.24) is 9.13 Å². The number of nitrogens with zero attached hydrogens (tertiary/aromatic N) is 3. The van der Waals surface area contributed by atoms with E-state index in [0.29, 0.717) is 19.5 Å². The van der Waals surface area contributed by atoms with Crippen LogP contribution < -0.4 is 5.56 Å². The molecule has 0 aliphatic carbocycles. The van der Waals surface area contributed by atoms with Crippen LogP contribution in [0.4, 0.5) is 0 Å². The number of aromatic nitrogens is 2. The van der Waals surface area contributed by atoms with Gasteiger partial charge in [-0.05, 0) is 38.6 Å². The average molecular weight is 404 g/mol. The van der Waals surface area contributed by atoms with Crippen molar-refractivity contribution < 1.29 is 14.6 Å². The Balaban J connectivity index is 2.59. The summed E-state index contributed by atoms with van der Waals surface area (Å²) < 4.78 is 8.00. The zero-order valence-corrected chi connectivity index (χ0v) is 17.3. The molecule has 150 valence electrons. The van der Waals surface area contributed by atoms with Gasteiger partial charge in [-0.25, -0.2) is 4.79 Å². The van der Waals surface area contributed by atoms with E-state index in [4.69, 9.17) is 17.0 Å². The SMILES string of the molecule is CCn1c(O)c(C(C)=N[C@H](Cc2ccccc2)C(=O)OC)c(=O)n(CC)c1=S. The number of aliphatic imine (C=N–C) groups is 1. The molecule has 2 rings (SSSR count). The summed E-state index contributed by atoms with van der Waals surface area (Å²) in [6.07, 6.45) is 0.320. The van der Waals surface area contributed by atoms with Crippen LogP contribution in [0, 0.1) is 4.77 Å². The second-order valence-corrected chi connectivity index (χ2v) is 6.58. The Kier molecular flexibility index (Phi) is 7.28. The number of esters is 1. The standard InChI is InChI=1S/C20H25N3O4S/c1-5-22-17(24)16(18(25)23(6-2)20(22)28)13(3)21-15(19(26)27-4)12-14-10-8-7-9-11-14/h7-11,15,24H,5-6,12H2,1-4H3/t15-/m1/s1. The molecule has 0 aliphatic heterocycles. The Morgan fingerprint density at radius 2 is 1.82 bits per heavy atom. The second kappa shape index (κ2) is 9.45. The fourth-order valence-corrected chi connectivity index (χ4v) is 3.45. The van der Waals surface area contributed by atoms with Crippen LogP contribution in [0.5, 0.6) is 5.88 Å². The van der Waals surface area contributed by atoms with Gasteiger partial charge in [-0.2, -0.15) is 0 Å². The smallest absolute Gasteiger partial charge is 0.330 e. The monoisotopic (exact) mass is 403 g/mol. The summed E-state index contributed by atoms with van der Waals surface area (Å²) >= 11 is 5.30. The fourth-order valence-electron chi connectivity index (χ4n) is 3.02. The topological polar surface area (TPSA) is 85.8 Å². The van der Waals surface area contributed by atoms with E-state index in [2.05, 4.69) is 4.99 Å². The van der Waals surface area contributed by atoms with Gasteiger partial charge in [-0.3, -0.25) is 18.9 Å². The molecule has 1 N–H and O–H groups in total. The normalized spacial score (nSPS) is 12.6. The van der Waals surface area contributed by atoms with Crippen LogP contribution in [0.25, 0.3) is 0 Å². The first-order valence-corrected chi connectivity index (χ1v) is 9.49. The van der Waals surface area contributed by atoms with Crippen LogP contribution in [-0.4, -0.2) is 39.1 Å². The predicted octanol–water partition coefficient (Wildman–Crippen LogP) is 2.72. The van der Waals surface area contributed by atoms with E-state index >= 15 is 0 Å². The minimum Gasteiger partial charge on any atom is -0.494 e. The van der Waals surface area contributed by atoms with Gasteiger partial charge in [0.25, 0.3) is 5.56 Å². The fraction of sp³-hybridized carbons (Fsp3) is 0.400. The van der Waals surface area contributed by atoms with Crippen LogP contribution in [0.1, 0.15) is 31.9 Å². The van der Waals surface area contributed by atoms with Crippen molar-refractivity contribution in [3.63, 3.8) is 0 Å². The van der Waals surface area contributed by atoms with Crippen molar-refractivity contribution in [3.8, 4) is 5.88 Å². The van der Waals surface area contributed by atoms with Gasteiger partial charge in [0.05, 0.1) is 12.8 Å². The number of hydrogen-bond acceptors (Lipinski definition) is 6. The Morgan fingerprint density at radius 1 is 1.21 bits per heavy atom. The minimum absolute atomic E-state index is 0.0410. The molecule has 0 bridgehead atoms. The predicted molar refractivity (Wildman–Crippen MR) is 111 cm³/mol. The summed E-state index contributed by atoms with van der Waals surface area (Å²) in [7, 11) is 1.30. The van der Waals surface area contributed by atoms with E-state index in [1.165, 1.54) is 16.2 Å². The van der Waals surface area contributed by atoms with Gasteiger partial charge in [-0.15, -0.1) is 0 Å². The largest absolute Gasteiger partial charge is 0.494 e. The zero-order valence-electron chi connectivity index (χ0n) is 16.5. The van der Waals surface area contributed by atoms with Gasteiger partial charge in [-0.1, -0.05) is 30.3 Å². The van der Waals surface area contributed by atoms with E-state index in [9.17, 15) is 14.7 Å². The molecular weight excluding hydrogens is 378 g/mol. The summed E-state index contributed by atoms with van der Waals surface area (Å²) in [5.41, 5.74) is 0.779. The molecule has 0 fully saturated rings. The number of methoxy groups -OCH3 is 1. The van der Waals surface area contributed by atoms with E-state index in [-0.39, 0.29) is 21.9 Å². The Hall–Kier alpha value is -2.74. The molecule has 1 atom stereocenters. The van der Waals surface area contributed by atoms with Crippen molar-refractivity contribution in [2.45, 2.75) is 46.3 Å². The maximum atomic E-state index is 12.9. The van der Waals surface area contributed by atoms with Crippen LogP contribution in [0.2, 0.25) is 0 Å². The first-order chi connectivity index (χ1) is 13.3. The van der Waals surface area contributed by atoms with Crippen LogP contribution in [0.15, 0.2) is 40.1 Å². The average Bonchev–Trinajstić information content (AvgIpc) is 2.68. The summed E-state index contributed by atoms with van der Waals surface area (Å²) in [5, 5.41) is 10.6. The van der Waals surface area contributed by atoms with Gasteiger partial charge < -0.3 is 9.84 Å². The molecule has 8 heteroatoms. The minimum atomic E-state index is -0.834. The molecule has 0 spiro atoms. The van der Waals surface area contributed by atoms with Crippen molar-refractivity contribution in [2.24, 2.45) is 4.99 Å². The van der Waals surface area contributed by atoms with Crippen molar-refractivity contribution in [2.75, 3.05) is 7.11 Å². The van der Waals surface area contributed by atoms with Crippen molar-refractivity contribution in [1.29, 1.82) is 0 Å². The highest BCUT2D eigenvalue weighted by atomic mass is 32.1. The third-order valence-corrected chi connectivity index (χ3v) is 4.93. The first kappa shape index (κ1) is 21.6. The molecule has 28 heavy (non-hydrogen) atoms. The van der Waals surface area contributed by atoms with Gasteiger partial charge in [0.1, 0.15) is 5.56 Å². The number of rotatable bonds is 7. The lowest BCUT2D eigenvalue weighted by molar-refractivity contribution is -0.142. The second-order valence-electron chi connectivity index (χ2n) is 6.22. The number of ether oxygens (including phenoxy) is 1. The molecule has 1 aromatic heterocycles. The third-order valence-electron chi connectivity index (χ3n) is 4.49. The maximum absolute atomic E-state index is 12.9. The number of aromatic hydroxyl groups is 1. The number of benzene rings is 1. The lowest BCUT2D eigenvalue weighted by Crippen LogP contribution is -2.31. The van der Waals surface area contributed by atoms with Crippen molar-refractivity contribution in [3.05, 3.63) is 56.6 Å². The molecule has 0 saturated heterocycles. The maximum Gasteiger partial charge on any atom is 0.330 e. The van der Waals surface area contributed by atoms with E-state index in [0.717, 1.165) is 5.56 Å². The van der Waals surface area contributed by atoms with Crippen molar-refractivity contribution >= 4 is 23.9 Å². The Morgan fingerprint density at radius 3 is 2.36 bits per heavy atom. The highest BCUT2D eigenvalue weighted by molar-refractivity contribution is 7.71. The molecule has 1 aromatic carbocycles. The lowest BCUT2D eigenvalue weighted by atomic mass is 10.1. The van der Waals surface area contributed by atoms with Gasteiger partial charge in [0.2, 0.25) is 5.88 Å². The molecule has 0 unspecified atom stereocenters. The number of carbonyl (C=O) groups is 1. The Bertz CT molecular complexity index is 993. The first-order valence-electron chi connectivity index (χ1n) is 9.08. The molecule has 0 aliphatic rings. The molecule has 0 saturated carbocycles. The third kappa shape index (κ3) is 4.39. The van der Waals surface area contributed by atoms with Crippen LogP contribution >= 0.6 is 12.2 Å². The van der Waals surface area contributed by atoms with Gasteiger partial charge in [0, 0.05) is 19.5 Å². The highest BCUT2D eigenvalue weighted by Crippen LogP contribution is 2.17. The summed E-state index contributed by atoms with van der Waals surface area (Å²) in [5.74, 6) is -0.756. The molecule has 7 nitrogen and oxygen atoms in total. The zero-order chi connectivity index (χ0) is 20.8. The lowest BCUT2D eigenvalue weighted by Gasteiger charge is -2.17. The number of hydrogen-bond donors (Lipinski definition) is 1. The van der Waals surface area contributed by atoms with Crippen LogP contribution in [-0.2, 0) is 29.0 Å². The molecule has 0 radical (unpaired) electrons. The highest BCUT2D eigenvalue weighted by Gasteiger charge is 2.23. The van der Waals surface area contributed by atoms with Crippen LogP contribution in [0.3, 0.4) is 0 Å². The summed E-state index contributed by atoms with van der Waals surface area (Å²) in [4.78, 5) is 29.5. The Labute approximate surface area is 168 Å². The quantitative estimate of drug-likeness (QED) is 0.436. The van der Waals surface area contributed by atoms with E-state index in [1.54, 1.807) is 13.8 Å².